The topological polar surface area (TPSA) is 85.6 Å². The smallest absolute Gasteiger partial charge is 0.257 e. The van der Waals surface area contributed by atoms with Gasteiger partial charge in [0, 0.05) is 21.8 Å². The third-order valence-corrected chi connectivity index (χ3v) is 5.55. The van der Waals surface area contributed by atoms with Crippen LogP contribution in [0.4, 0.5) is 5.69 Å². The maximum absolute atomic E-state index is 12.4. The van der Waals surface area contributed by atoms with Crippen molar-refractivity contribution in [2.75, 3.05) is 19.5 Å². The van der Waals surface area contributed by atoms with Crippen LogP contribution in [0.1, 0.15) is 15.9 Å². The Bertz CT molecular complexity index is 1370. The van der Waals surface area contributed by atoms with Crippen molar-refractivity contribution in [2.45, 2.75) is 6.92 Å². The number of ether oxygens (including phenoxy) is 2. The van der Waals surface area contributed by atoms with Crippen LogP contribution in [-0.4, -0.2) is 30.2 Å². The summed E-state index contributed by atoms with van der Waals surface area (Å²) in [5.41, 5.74) is 3.95. The number of fused-ring (bicyclic) bond motifs is 1. The minimum atomic E-state index is -0.354. The number of nitrogens with one attached hydrogen (secondary N) is 2. The van der Waals surface area contributed by atoms with Crippen LogP contribution < -0.4 is 20.1 Å². The maximum Gasteiger partial charge on any atom is 0.257 e. The minimum Gasteiger partial charge on any atom is -0.493 e. The Labute approximate surface area is 200 Å². The summed E-state index contributed by atoms with van der Waals surface area (Å²) in [6.07, 6.45) is 0. The Morgan fingerprint density at radius 3 is 2.55 bits per heavy atom. The fourth-order valence-corrected chi connectivity index (χ4v) is 3.56. The van der Waals surface area contributed by atoms with E-state index in [9.17, 15) is 4.79 Å². The third-order valence-electron chi connectivity index (χ3n) is 4.94. The standard InChI is InChI=1S/C24H20ClN3O4S/c1-13-4-5-14(10-17(13)25)22(29)28-24(33)26-16-7-9-19-18(12-16)27-23(32-19)15-6-8-20(30-2)21(11-15)31-3/h4-12H,1-3H3,(H2,26,28,29,33). The highest BCUT2D eigenvalue weighted by Crippen LogP contribution is 2.33. The number of aryl methyl sites for hydroxylation is 1. The van der Waals surface area contributed by atoms with Gasteiger partial charge < -0.3 is 19.2 Å². The van der Waals surface area contributed by atoms with E-state index in [1.165, 1.54) is 0 Å². The van der Waals surface area contributed by atoms with Crippen LogP contribution in [-0.2, 0) is 0 Å². The van der Waals surface area contributed by atoms with Crippen molar-refractivity contribution in [3.63, 3.8) is 0 Å². The van der Waals surface area contributed by atoms with Crippen molar-refractivity contribution >= 4 is 51.6 Å². The number of halogens is 1. The van der Waals surface area contributed by atoms with Crippen LogP contribution in [0.2, 0.25) is 5.02 Å². The summed E-state index contributed by atoms with van der Waals surface area (Å²) in [5, 5.41) is 6.31. The highest BCUT2D eigenvalue weighted by Gasteiger charge is 2.14. The Morgan fingerprint density at radius 1 is 1.03 bits per heavy atom. The lowest BCUT2D eigenvalue weighted by Gasteiger charge is -2.10. The first-order chi connectivity index (χ1) is 15.9. The molecule has 0 saturated carbocycles. The fourth-order valence-electron chi connectivity index (χ4n) is 3.17. The van der Waals surface area contributed by atoms with Gasteiger partial charge in [-0.1, -0.05) is 17.7 Å². The van der Waals surface area contributed by atoms with Crippen molar-refractivity contribution in [1.29, 1.82) is 0 Å². The monoisotopic (exact) mass is 481 g/mol. The zero-order chi connectivity index (χ0) is 23.5. The predicted octanol–water partition coefficient (Wildman–Crippen LogP) is 5.60. The van der Waals surface area contributed by atoms with Gasteiger partial charge in [0.25, 0.3) is 5.91 Å². The van der Waals surface area contributed by atoms with E-state index in [4.69, 9.17) is 37.7 Å². The number of carbonyl (C=O) groups excluding carboxylic acids is 1. The van der Waals surface area contributed by atoms with E-state index in [0.29, 0.717) is 44.8 Å². The molecule has 2 N–H and O–H groups in total. The Hall–Kier alpha value is -3.62. The van der Waals surface area contributed by atoms with Crippen molar-refractivity contribution in [3.8, 4) is 23.0 Å². The zero-order valence-electron chi connectivity index (χ0n) is 18.1. The van der Waals surface area contributed by atoms with Gasteiger partial charge in [-0.15, -0.1) is 0 Å². The normalized spacial score (nSPS) is 10.7. The summed E-state index contributed by atoms with van der Waals surface area (Å²) < 4.78 is 16.5. The average molecular weight is 482 g/mol. The van der Waals surface area contributed by atoms with Gasteiger partial charge in [-0.05, 0) is 73.2 Å². The molecule has 0 aliphatic carbocycles. The van der Waals surface area contributed by atoms with Gasteiger partial charge in [0.1, 0.15) is 5.52 Å². The molecule has 7 nitrogen and oxygen atoms in total. The first-order valence-corrected chi connectivity index (χ1v) is 10.7. The van der Waals surface area contributed by atoms with Crippen molar-refractivity contribution in [2.24, 2.45) is 0 Å². The number of aromatic nitrogens is 1. The second-order valence-electron chi connectivity index (χ2n) is 7.14. The van der Waals surface area contributed by atoms with Crippen molar-refractivity contribution < 1.29 is 18.7 Å². The number of thiocarbonyl (C=S) groups is 1. The summed E-state index contributed by atoms with van der Waals surface area (Å²) in [6, 6.07) is 15.8. The summed E-state index contributed by atoms with van der Waals surface area (Å²) in [5.74, 6) is 1.28. The summed E-state index contributed by atoms with van der Waals surface area (Å²) in [7, 11) is 3.15. The molecule has 4 rings (SSSR count). The second kappa shape index (κ2) is 9.48. The Balaban J connectivity index is 1.50. The van der Waals surface area contributed by atoms with Gasteiger partial charge in [0.2, 0.25) is 5.89 Å². The van der Waals surface area contributed by atoms with Crippen LogP contribution in [0.5, 0.6) is 11.5 Å². The van der Waals surface area contributed by atoms with Gasteiger partial charge in [-0.3, -0.25) is 10.1 Å². The van der Waals surface area contributed by atoms with Crippen molar-refractivity contribution in [1.82, 2.24) is 10.3 Å². The highest BCUT2D eigenvalue weighted by molar-refractivity contribution is 7.80. The van der Waals surface area contributed by atoms with Gasteiger partial charge in [-0.2, -0.15) is 0 Å². The lowest BCUT2D eigenvalue weighted by molar-refractivity contribution is 0.0977. The average Bonchev–Trinajstić information content (AvgIpc) is 3.23. The second-order valence-corrected chi connectivity index (χ2v) is 7.96. The fraction of sp³-hybridized carbons (Fsp3) is 0.125. The van der Waals surface area contributed by atoms with Gasteiger partial charge in [-0.25, -0.2) is 4.98 Å². The first kappa shape index (κ1) is 22.6. The molecule has 0 atom stereocenters. The number of nitrogens with zero attached hydrogens (tertiary/aromatic N) is 1. The van der Waals surface area contributed by atoms with Crippen LogP contribution in [0.25, 0.3) is 22.6 Å². The van der Waals surface area contributed by atoms with Crippen LogP contribution in [0, 0.1) is 6.92 Å². The SMILES string of the molecule is COc1ccc(-c2nc3cc(NC(=S)NC(=O)c4ccc(C)c(Cl)c4)ccc3o2)cc1OC. The molecule has 0 unspecified atom stereocenters. The molecule has 4 aromatic rings. The summed E-state index contributed by atoms with van der Waals surface area (Å²) in [6.45, 7) is 1.87. The molecule has 0 bridgehead atoms. The number of hydrogen-bond acceptors (Lipinski definition) is 6. The largest absolute Gasteiger partial charge is 0.493 e. The molecule has 0 aliphatic rings. The Kier molecular flexibility index (Phi) is 6.48. The number of rotatable bonds is 5. The van der Waals surface area contributed by atoms with E-state index in [2.05, 4.69) is 15.6 Å². The molecule has 0 aliphatic heterocycles. The van der Waals surface area contributed by atoms with E-state index >= 15 is 0 Å². The number of benzene rings is 3. The number of oxazole rings is 1. The number of carbonyl (C=O) groups is 1. The molecule has 168 valence electrons. The number of methoxy groups -OCH3 is 2. The van der Waals surface area contributed by atoms with Crippen LogP contribution >= 0.6 is 23.8 Å². The molecule has 0 fully saturated rings. The molecule has 1 heterocycles. The lowest BCUT2D eigenvalue weighted by atomic mass is 10.1. The van der Waals surface area contributed by atoms with Crippen LogP contribution in [0.3, 0.4) is 0 Å². The minimum absolute atomic E-state index is 0.152. The molecular formula is C24H20ClN3O4S. The quantitative estimate of drug-likeness (QED) is 0.359. The summed E-state index contributed by atoms with van der Waals surface area (Å²) in [4.78, 5) is 17.0. The van der Waals surface area contributed by atoms with Gasteiger partial charge >= 0.3 is 0 Å². The molecule has 33 heavy (non-hydrogen) atoms. The van der Waals surface area contributed by atoms with E-state index in [0.717, 1.165) is 11.1 Å². The molecule has 1 aromatic heterocycles. The zero-order valence-corrected chi connectivity index (χ0v) is 19.6. The van der Waals surface area contributed by atoms with E-state index in [1.807, 2.05) is 13.0 Å². The predicted molar refractivity (Wildman–Crippen MR) is 132 cm³/mol. The maximum atomic E-state index is 12.4. The molecule has 0 spiro atoms. The number of hydrogen-bond donors (Lipinski definition) is 2. The first-order valence-electron chi connectivity index (χ1n) is 9.89. The van der Waals surface area contributed by atoms with Gasteiger partial charge in [0.05, 0.1) is 14.2 Å². The molecule has 3 aromatic carbocycles. The molecule has 9 heteroatoms. The molecule has 0 radical (unpaired) electrons. The van der Waals surface area contributed by atoms with E-state index < -0.39 is 0 Å². The van der Waals surface area contributed by atoms with Crippen LogP contribution in [0.15, 0.2) is 59.0 Å². The highest BCUT2D eigenvalue weighted by atomic mass is 35.5. The van der Waals surface area contributed by atoms with E-state index in [1.54, 1.807) is 62.8 Å². The number of anilines is 1. The third kappa shape index (κ3) is 4.92. The van der Waals surface area contributed by atoms with E-state index in [-0.39, 0.29) is 11.0 Å². The van der Waals surface area contributed by atoms with Crippen molar-refractivity contribution in [3.05, 3.63) is 70.7 Å². The molecule has 0 saturated heterocycles. The molecule has 1 amide bonds. The van der Waals surface area contributed by atoms with Gasteiger partial charge in [0.15, 0.2) is 22.2 Å². The Morgan fingerprint density at radius 2 is 1.82 bits per heavy atom. The lowest BCUT2D eigenvalue weighted by Crippen LogP contribution is -2.34. The number of amides is 1. The molecular weight excluding hydrogens is 462 g/mol. The summed E-state index contributed by atoms with van der Waals surface area (Å²) >= 11 is 11.4.